The fourth-order valence-electron chi connectivity index (χ4n) is 2.16. The minimum atomic E-state index is -3.15. The number of hydrogen-bond acceptors (Lipinski definition) is 4. The van der Waals surface area contributed by atoms with Crippen molar-refractivity contribution < 1.29 is 12.8 Å². The van der Waals surface area contributed by atoms with E-state index in [-0.39, 0.29) is 17.6 Å². The van der Waals surface area contributed by atoms with Crippen molar-refractivity contribution in [1.29, 1.82) is 0 Å². The van der Waals surface area contributed by atoms with Gasteiger partial charge in [0.1, 0.15) is 5.76 Å². The smallest absolute Gasteiger partial charge is 0.213 e. The van der Waals surface area contributed by atoms with Gasteiger partial charge in [-0.1, -0.05) is 0 Å². The van der Waals surface area contributed by atoms with Crippen molar-refractivity contribution in [2.45, 2.75) is 5.92 Å². The predicted octanol–water partition coefficient (Wildman–Crippen LogP) is 0.474. The van der Waals surface area contributed by atoms with E-state index in [1.54, 1.807) is 20.4 Å². The maximum Gasteiger partial charge on any atom is 0.213 e. The first-order chi connectivity index (χ1) is 8.00. The molecular formula is C11H18N2O3S. The molecule has 0 spiro atoms. The summed E-state index contributed by atoms with van der Waals surface area (Å²) < 4.78 is 30.4. The van der Waals surface area contributed by atoms with E-state index in [1.807, 2.05) is 12.1 Å². The summed E-state index contributed by atoms with van der Waals surface area (Å²) in [5, 5.41) is 3.23. The molecule has 1 saturated heterocycles. The Morgan fingerprint density at radius 1 is 1.47 bits per heavy atom. The van der Waals surface area contributed by atoms with Gasteiger partial charge in [-0.3, -0.25) is 0 Å². The summed E-state index contributed by atoms with van der Waals surface area (Å²) in [5.41, 5.74) is 0. The largest absolute Gasteiger partial charge is 0.469 e. The zero-order valence-electron chi connectivity index (χ0n) is 10.1. The van der Waals surface area contributed by atoms with Crippen LogP contribution in [0.25, 0.3) is 0 Å². The fourth-order valence-corrected chi connectivity index (χ4v) is 3.35. The molecule has 2 rings (SSSR count). The predicted molar refractivity (Wildman–Crippen MR) is 65.3 cm³/mol. The van der Waals surface area contributed by atoms with Gasteiger partial charge < -0.3 is 9.73 Å². The average Bonchev–Trinajstić information content (AvgIpc) is 2.85. The van der Waals surface area contributed by atoms with Gasteiger partial charge in [0.05, 0.1) is 12.0 Å². The molecule has 1 aromatic rings. The van der Waals surface area contributed by atoms with Gasteiger partial charge in [-0.05, 0) is 24.6 Å². The summed E-state index contributed by atoms with van der Waals surface area (Å²) in [6.07, 6.45) is 1.63. The Labute approximate surface area is 102 Å². The second-order valence-corrected chi connectivity index (χ2v) is 6.83. The van der Waals surface area contributed by atoms with Crippen LogP contribution in [0.3, 0.4) is 0 Å². The molecule has 0 aromatic carbocycles. The lowest BCUT2D eigenvalue weighted by atomic mass is 9.95. The van der Waals surface area contributed by atoms with E-state index in [0.717, 1.165) is 18.8 Å². The minimum Gasteiger partial charge on any atom is -0.469 e. The Morgan fingerprint density at radius 3 is 2.82 bits per heavy atom. The van der Waals surface area contributed by atoms with Crippen molar-refractivity contribution in [2.75, 3.05) is 32.9 Å². The second kappa shape index (κ2) is 4.80. The zero-order valence-corrected chi connectivity index (χ0v) is 10.9. The molecule has 96 valence electrons. The van der Waals surface area contributed by atoms with Crippen LogP contribution in [0, 0.1) is 5.92 Å². The van der Waals surface area contributed by atoms with Crippen molar-refractivity contribution in [3.05, 3.63) is 24.2 Å². The SMILES string of the molecule is CN(C)S(=O)(=O)CC1CNCC1c1ccco1. The Morgan fingerprint density at radius 2 is 2.24 bits per heavy atom. The molecule has 17 heavy (non-hydrogen) atoms. The topological polar surface area (TPSA) is 62.6 Å². The summed E-state index contributed by atoms with van der Waals surface area (Å²) in [6, 6.07) is 3.75. The molecule has 2 unspecified atom stereocenters. The summed E-state index contributed by atoms with van der Waals surface area (Å²) in [5.74, 6) is 1.26. The van der Waals surface area contributed by atoms with E-state index < -0.39 is 10.0 Å². The molecule has 2 atom stereocenters. The number of sulfonamides is 1. The normalized spacial score (nSPS) is 25.6. The Kier molecular flexibility index (Phi) is 3.56. The molecule has 0 aliphatic carbocycles. The van der Waals surface area contributed by atoms with Gasteiger partial charge in [0.25, 0.3) is 0 Å². The maximum absolute atomic E-state index is 11.9. The highest BCUT2D eigenvalue weighted by Gasteiger charge is 2.34. The fraction of sp³-hybridized carbons (Fsp3) is 0.636. The van der Waals surface area contributed by atoms with Gasteiger partial charge in [-0.2, -0.15) is 0 Å². The van der Waals surface area contributed by atoms with Gasteiger partial charge in [0.2, 0.25) is 10.0 Å². The molecule has 1 aromatic heterocycles. The van der Waals surface area contributed by atoms with E-state index >= 15 is 0 Å². The van der Waals surface area contributed by atoms with Gasteiger partial charge in [0, 0.05) is 26.6 Å². The monoisotopic (exact) mass is 258 g/mol. The summed E-state index contributed by atoms with van der Waals surface area (Å²) in [4.78, 5) is 0. The Balaban J connectivity index is 2.11. The molecule has 0 bridgehead atoms. The van der Waals surface area contributed by atoms with Crippen LogP contribution in [-0.2, 0) is 10.0 Å². The summed E-state index contributed by atoms with van der Waals surface area (Å²) in [6.45, 7) is 1.50. The third-order valence-corrected chi connectivity index (χ3v) is 5.19. The molecular weight excluding hydrogens is 240 g/mol. The number of furan rings is 1. The van der Waals surface area contributed by atoms with Crippen molar-refractivity contribution in [3.63, 3.8) is 0 Å². The van der Waals surface area contributed by atoms with E-state index in [9.17, 15) is 8.42 Å². The van der Waals surface area contributed by atoms with Gasteiger partial charge in [-0.25, -0.2) is 12.7 Å². The van der Waals surface area contributed by atoms with Crippen LogP contribution < -0.4 is 5.32 Å². The maximum atomic E-state index is 11.9. The van der Waals surface area contributed by atoms with E-state index in [0.29, 0.717) is 0 Å². The molecule has 1 aliphatic heterocycles. The van der Waals surface area contributed by atoms with Crippen molar-refractivity contribution in [2.24, 2.45) is 5.92 Å². The van der Waals surface area contributed by atoms with Gasteiger partial charge >= 0.3 is 0 Å². The van der Waals surface area contributed by atoms with Crippen LogP contribution in [0.15, 0.2) is 22.8 Å². The highest BCUT2D eigenvalue weighted by atomic mass is 32.2. The lowest BCUT2D eigenvalue weighted by Crippen LogP contribution is -2.31. The number of nitrogens with zero attached hydrogens (tertiary/aromatic N) is 1. The quantitative estimate of drug-likeness (QED) is 0.853. The lowest BCUT2D eigenvalue weighted by Gasteiger charge is -2.19. The highest BCUT2D eigenvalue weighted by Crippen LogP contribution is 2.29. The van der Waals surface area contributed by atoms with E-state index in [4.69, 9.17) is 4.42 Å². The summed E-state index contributed by atoms with van der Waals surface area (Å²) >= 11 is 0. The number of nitrogens with one attached hydrogen (secondary N) is 1. The minimum absolute atomic E-state index is 0.0774. The lowest BCUT2D eigenvalue weighted by molar-refractivity contribution is 0.425. The zero-order chi connectivity index (χ0) is 12.5. The van der Waals surface area contributed by atoms with Gasteiger partial charge in [0.15, 0.2) is 0 Å². The third kappa shape index (κ3) is 2.70. The van der Waals surface area contributed by atoms with Crippen LogP contribution in [0.5, 0.6) is 0 Å². The molecule has 5 nitrogen and oxygen atoms in total. The molecule has 6 heteroatoms. The molecule has 1 aliphatic rings. The Hall–Kier alpha value is -0.850. The number of hydrogen-bond donors (Lipinski definition) is 1. The van der Waals surface area contributed by atoms with Crippen LogP contribution in [0.2, 0.25) is 0 Å². The first kappa shape index (κ1) is 12.6. The molecule has 0 saturated carbocycles. The van der Waals surface area contributed by atoms with Crippen LogP contribution in [0.4, 0.5) is 0 Å². The van der Waals surface area contributed by atoms with Crippen molar-refractivity contribution in [1.82, 2.24) is 9.62 Å². The van der Waals surface area contributed by atoms with Gasteiger partial charge in [-0.15, -0.1) is 0 Å². The van der Waals surface area contributed by atoms with Crippen molar-refractivity contribution >= 4 is 10.0 Å². The molecule has 2 heterocycles. The Bertz CT molecular complexity index is 453. The van der Waals surface area contributed by atoms with Crippen LogP contribution in [0.1, 0.15) is 11.7 Å². The van der Waals surface area contributed by atoms with Crippen LogP contribution in [-0.4, -0.2) is 45.7 Å². The van der Waals surface area contributed by atoms with E-state index in [2.05, 4.69) is 5.32 Å². The van der Waals surface area contributed by atoms with Crippen molar-refractivity contribution in [3.8, 4) is 0 Å². The molecule has 1 N–H and O–H groups in total. The number of rotatable bonds is 4. The molecule has 0 radical (unpaired) electrons. The standard InChI is InChI=1S/C11H18N2O3S/c1-13(2)17(14,15)8-9-6-12-7-10(9)11-4-3-5-16-11/h3-5,9-10,12H,6-8H2,1-2H3. The summed E-state index contributed by atoms with van der Waals surface area (Å²) in [7, 11) is -0.0158. The average molecular weight is 258 g/mol. The highest BCUT2D eigenvalue weighted by molar-refractivity contribution is 7.89. The third-order valence-electron chi connectivity index (χ3n) is 3.23. The first-order valence-electron chi connectivity index (χ1n) is 5.65. The van der Waals surface area contributed by atoms with E-state index in [1.165, 1.54) is 4.31 Å². The molecule has 0 amide bonds. The van der Waals surface area contributed by atoms with Crippen LogP contribution >= 0.6 is 0 Å². The molecule has 1 fully saturated rings. The second-order valence-electron chi connectivity index (χ2n) is 4.60. The first-order valence-corrected chi connectivity index (χ1v) is 7.26.